The molecule has 1 aliphatic carbocycles. The monoisotopic (exact) mass is 182 g/mol. The Hall–Kier alpha value is -0.300. The van der Waals surface area contributed by atoms with Gasteiger partial charge >= 0.3 is 0 Å². The molecule has 0 amide bonds. The highest BCUT2D eigenvalue weighted by Gasteiger charge is 2.38. The molecule has 0 spiro atoms. The van der Waals surface area contributed by atoms with E-state index in [2.05, 4.69) is 27.4 Å². The van der Waals surface area contributed by atoms with Crippen LogP contribution in [0.15, 0.2) is 12.2 Å². The number of aliphatic hydroxyl groups excluding tert-OH is 1. The molecule has 1 heteroatoms. The highest BCUT2D eigenvalue weighted by molar-refractivity contribution is 5.06. The largest absolute Gasteiger partial charge is 0.393 e. The third-order valence-corrected chi connectivity index (χ3v) is 3.73. The predicted octanol–water partition coefficient (Wildman–Crippen LogP) is 3.14. The van der Waals surface area contributed by atoms with Crippen LogP contribution in [0.5, 0.6) is 0 Å². The van der Waals surface area contributed by atoms with Gasteiger partial charge in [0.1, 0.15) is 0 Å². The van der Waals surface area contributed by atoms with E-state index in [1.807, 2.05) is 0 Å². The van der Waals surface area contributed by atoms with Gasteiger partial charge in [0.15, 0.2) is 0 Å². The first-order valence-electron chi connectivity index (χ1n) is 5.33. The fourth-order valence-corrected chi connectivity index (χ4v) is 2.72. The SMILES string of the molecule is C=C(C)C1CCC(O)CC1(C)CC. The van der Waals surface area contributed by atoms with E-state index in [0.717, 1.165) is 25.7 Å². The van der Waals surface area contributed by atoms with Crippen molar-refractivity contribution in [1.82, 2.24) is 0 Å². The summed E-state index contributed by atoms with van der Waals surface area (Å²) in [5, 5.41) is 9.65. The van der Waals surface area contributed by atoms with Gasteiger partial charge in [-0.05, 0) is 37.5 Å². The van der Waals surface area contributed by atoms with Crippen LogP contribution in [-0.4, -0.2) is 11.2 Å². The normalized spacial score (nSPS) is 40.3. The molecule has 76 valence electrons. The molecule has 1 nitrogen and oxygen atoms in total. The van der Waals surface area contributed by atoms with Gasteiger partial charge in [0.05, 0.1) is 6.10 Å². The topological polar surface area (TPSA) is 20.2 Å². The van der Waals surface area contributed by atoms with Crippen LogP contribution in [-0.2, 0) is 0 Å². The highest BCUT2D eigenvalue weighted by atomic mass is 16.3. The molecule has 0 aliphatic heterocycles. The molecular formula is C12H22O. The molecule has 0 aromatic heterocycles. The van der Waals surface area contributed by atoms with Gasteiger partial charge in [-0.15, -0.1) is 0 Å². The molecule has 0 heterocycles. The third-order valence-electron chi connectivity index (χ3n) is 3.73. The van der Waals surface area contributed by atoms with Crippen LogP contribution in [0, 0.1) is 11.3 Å². The zero-order valence-electron chi connectivity index (χ0n) is 9.14. The van der Waals surface area contributed by atoms with Crippen molar-refractivity contribution < 1.29 is 5.11 Å². The van der Waals surface area contributed by atoms with Crippen molar-refractivity contribution in [3.05, 3.63) is 12.2 Å². The van der Waals surface area contributed by atoms with Gasteiger partial charge in [0.25, 0.3) is 0 Å². The summed E-state index contributed by atoms with van der Waals surface area (Å²) in [5.41, 5.74) is 1.57. The zero-order valence-corrected chi connectivity index (χ0v) is 9.14. The second-order valence-electron chi connectivity index (χ2n) is 4.84. The van der Waals surface area contributed by atoms with E-state index < -0.39 is 0 Å². The molecule has 1 aliphatic rings. The van der Waals surface area contributed by atoms with E-state index >= 15 is 0 Å². The summed E-state index contributed by atoms with van der Waals surface area (Å²) < 4.78 is 0. The number of aliphatic hydroxyl groups is 1. The Kier molecular flexibility index (Phi) is 3.18. The molecule has 3 unspecified atom stereocenters. The summed E-state index contributed by atoms with van der Waals surface area (Å²) in [6.45, 7) is 10.7. The minimum atomic E-state index is -0.0828. The van der Waals surface area contributed by atoms with Crippen LogP contribution in [0.1, 0.15) is 46.5 Å². The summed E-state index contributed by atoms with van der Waals surface area (Å²) in [7, 11) is 0. The average Bonchev–Trinajstić information content (AvgIpc) is 2.03. The molecule has 0 bridgehead atoms. The molecular weight excluding hydrogens is 160 g/mol. The Morgan fingerprint density at radius 2 is 2.15 bits per heavy atom. The summed E-state index contributed by atoms with van der Waals surface area (Å²) in [6.07, 6.45) is 4.07. The van der Waals surface area contributed by atoms with E-state index in [1.54, 1.807) is 0 Å². The Balaban J connectivity index is 2.78. The Labute approximate surface area is 81.9 Å². The lowest BCUT2D eigenvalue weighted by atomic mass is 9.63. The molecule has 0 aromatic carbocycles. The second-order valence-corrected chi connectivity index (χ2v) is 4.84. The fraction of sp³-hybridized carbons (Fsp3) is 0.833. The van der Waals surface area contributed by atoms with E-state index in [1.165, 1.54) is 5.57 Å². The van der Waals surface area contributed by atoms with Crippen molar-refractivity contribution in [3.63, 3.8) is 0 Å². The number of allylic oxidation sites excluding steroid dienone is 1. The quantitative estimate of drug-likeness (QED) is 0.650. The van der Waals surface area contributed by atoms with Crippen molar-refractivity contribution in [1.29, 1.82) is 0 Å². The Bertz CT molecular complexity index is 197. The van der Waals surface area contributed by atoms with E-state index in [0.29, 0.717) is 5.92 Å². The maximum atomic E-state index is 9.65. The summed E-state index contributed by atoms with van der Waals surface area (Å²) in [6, 6.07) is 0. The molecule has 0 saturated heterocycles. The summed E-state index contributed by atoms with van der Waals surface area (Å²) >= 11 is 0. The first kappa shape index (κ1) is 10.8. The molecule has 1 rings (SSSR count). The van der Waals surface area contributed by atoms with Crippen LogP contribution in [0.25, 0.3) is 0 Å². The van der Waals surface area contributed by atoms with Crippen LogP contribution >= 0.6 is 0 Å². The van der Waals surface area contributed by atoms with Gasteiger partial charge in [-0.25, -0.2) is 0 Å². The van der Waals surface area contributed by atoms with Crippen LogP contribution < -0.4 is 0 Å². The zero-order chi connectivity index (χ0) is 10.1. The van der Waals surface area contributed by atoms with Crippen molar-refractivity contribution in [2.45, 2.75) is 52.6 Å². The van der Waals surface area contributed by atoms with Crippen LogP contribution in [0.4, 0.5) is 0 Å². The average molecular weight is 182 g/mol. The van der Waals surface area contributed by atoms with Gasteiger partial charge in [-0.1, -0.05) is 32.4 Å². The second kappa shape index (κ2) is 3.83. The van der Waals surface area contributed by atoms with Gasteiger partial charge in [-0.2, -0.15) is 0 Å². The standard InChI is InChI=1S/C12H22O/c1-5-12(4)8-10(13)6-7-11(12)9(2)3/h10-11,13H,2,5-8H2,1,3-4H3. The van der Waals surface area contributed by atoms with E-state index in [4.69, 9.17) is 0 Å². The van der Waals surface area contributed by atoms with Gasteiger partial charge in [-0.3, -0.25) is 0 Å². The lowest BCUT2D eigenvalue weighted by Crippen LogP contribution is -2.36. The Morgan fingerprint density at radius 1 is 1.54 bits per heavy atom. The van der Waals surface area contributed by atoms with Gasteiger partial charge in [0, 0.05) is 0 Å². The molecule has 3 atom stereocenters. The first-order valence-corrected chi connectivity index (χ1v) is 5.33. The lowest BCUT2D eigenvalue weighted by molar-refractivity contribution is 0.0229. The van der Waals surface area contributed by atoms with E-state index in [-0.39, 0.29) is 11.5 Å². The van der Waals surface area contributed by atoms with Crippen LogP contribution in [0.3, 0.4) is 0 Å². The van der Waals surface area contributed by atoms with Crippen molar-refractivity contribution >= 4 is 0 Å². The number of hydrogen-bond donors (Lipinski definition) is 1. The van der Waals surface area contributed by atoms with Gasteiger partial charge in [0.2, 0.25) is 0 Å². The van der Waals surface area contributed by atoms with E-state index in [9.17, 15) is 5.11 Å². The predicted molar refractivity (Wildman–Crippen MR) is 56.6 cm³/mol. The maximum absolute atomic E-state index is 9.65. The van der Waals surface area contributed by atoms with Gasteiger partial charge < -0.3 is 5.11 Å². The summed E-state index contributed by atoms with van der Waals surface area (Å²) in [5.74, 6) is 0.612. The maximum Gasteiger partial charge on any atom is 0.0545 e. The minimum absolute atomic E-state index is 0.0828. The molecule has 0 aromatic rings. The van der Waals surface area contributed by atoms with Crippen molar-refractivity contribution in [3.8, 4) is 0 Å². The molecule has 13 heavy (non-hydrogen) atoms. The lowest BCUT2D eigenvalue weighted by Gasteiger charge is -2.43. The molecule has 1 N–H and O–H groups in total. The molecule has 1 saturated carbocycles. The smallest absolute Gasteiger partial charge is 0.0545 e. The minimum Gasteiger partial charge on any atom is -0.393 e. The fourth-order valence-electron chi connectivity index (χ4n) is 2.72. The number of rotatable bonds is 2. The first-order chi connectivity index (χ1) is 5.99. The van der Waals surface area contributed by atoms with Crippen molar-refractivity contribution in [2.24, 2.45) is 11.3 Å². The molecule has 1 fully saturated rings. The Morgan fingerprint density at radius 3 is 2.62 bits per heavy atom. The highest BCUT2D eigenvalue weighted by Crippen LogP contribution is 2.46. The number of hydrogen-bond acceptors (Lipinski definition) is 1. The molecule has 0 radical (unpaired) electrons. The van der Waals surface area contributed by atoms with Crippen LogP contribution in [0.2, 0.25) is 0 Å². The third kappa shape index (κ3) is 2.14. The summed E-state index contributed by atoms with van der Waals surface area (Å²) in [4.78, 5) is 0. The van der Waals surface area contributed by atoms with Crippen molar-refractivity contribution in [2.75, 3.05) is 0 Å².